The molecule has 10 radical (unpaired) electrons. The van der Waals surface area contributed by atoms with Crippen LogP contribution in [0.15, 0.2) is 0 Å². The molecule has 5 heteroatoms. The zero-order valence-electron chi connectivity index (χ0n) is 2.34. The summed E-state index contributed by atoms with van der Waals surface area (Å²) < 4.78 is 0. The van der Waals surface area contributed by atoms with Gasteiger partial charge in [-0.1, -0.05) is 0 Å². The molecule has 0 atom stereocenters. The average Bonchev–Trinajstić information content (AvgIpc) is 0. The first-order valence-corrected chi connectivity index (χ1v) is 0. The average molecular weight is 876 g/mol. The van der Waals surface area contributed by atoms with Gasteiger partial charge in [0.2, 0.25) is 0 Å². The standard InChI is InChI=1S/Ca.4Po. The van der Waals surface area contributed by atoms with E-state index in [2.05, 4.69) is 0 Å². The van der Waals surface area contributed by atoms with Gasteiger partial charge in [-0.05, 0) is 0 Å². The molecule has 0 aromatic heterocycles. The Hall–Kier alpha value is 4.84. The van der Waals surface area contributed by atoms with Gasteiger partial charge >= 0.3 is 0 Å². The van der Waals surface area contributed by atoms with Crippen molar-refractivity contribution in [1.82, 2.24) is 0 Å². The second-order valence-corrected chi connectivity index (χ2v) is 0. The Morgan fingerprint density at radius 1 is 0.400 bits per heavy atom. The second kappa shape index (κ2) is 23.2. The first-order valence-electron chi connectivity index (χ1n) is 0. The monoisotopic (exact) mass is 876 g/mol. The van der Waals surface area contributed by atoms with Crippen molar-refractivity contribution in [2.24, 2.45) is 0 Å². The van der Waals surface area contributed by atoms with Gasteiger partial charge in [0.1, 0.15) is 0 Å². The van der Waals surface area contributed by atoms with Crippen LogP contribution >= 0.6 is 0 Å². The minimum atomic E-state index is 0. The molecule has 0 saturated heterocycles. The van der Waals surface area contributed by atoms with Gasteiger partial charge in [0.15, 0.2) is 0 Å². The van der Waals surface area contributed by atoms with Crippen LogP contribution in [0, 0.1) is 0 Å². The van der Waals surface area contributed by atoms with Crippen LogP contribution in [0.2, 0.25) is 0 Å². The number of hydrogen-bond acceptors (Lipinski definition) is 0. The summed E-state index contributed by atoms with van der Waals surface area (Å²) in [6.07, 6.45) is 0. The molecule has 0 nitrogen and oxygen atoms in total. The molecule has 0 saturated carbocycles. The van der Waals surface area contributed by atoms with Crippen molar-refractivity contribution in [3.63, 3.8) is 0 Å². The molecule has 0 amide bonds. The predicted molar refractivity (Wildman–Crippen MR) is 28.8 cm³/mol. The molecule has 26 valence electrons. The Morgan fingerprint density at radius 2 is 0.400 bits per heavy atom. The van der Waals surface area contributed by atoms with Gasteiger partial charge < -0.3 is 0 Å². The molecule has 5 heavy (non-hydrogen) atoms. The summed E-state index contributed by atoms with van der Waals surface area (Å²) in [5, 5.41) is 0. The Morgan fingerprint density at radius 3 is 0.400 bits per heavy atom. The van der Waals surface area contributed by atoms with Crippen molar-refractivity contribution in [1.29, 1.82) is 0 Å². The van der Waals surface area contributed by atoms with E-state index in [9.17, 15) is 0 Å². The van der Waals surface area contributed by atoms with Gasteiger partial charge in [-0.3, -0.25) is 0 Å². The fourth-order valence-electron chi connectivity index (χ4n) is 0. The van der Waals surface area contributed by atoms with E-state index in [0.717, 1.165) is 0 Å². The Bertz CT molecular complexity index is 3.61. The maximum absolute atomic E-state index is 0. The van der Waals surface area contributed by atoms with E-state index in [1.807, 2.05) is 0 Å². The van der Waals surface area contributed by atoms with Gasteiger partial charge in [0, 0.05) is 144 Å². The van der Waals surface area contributed by atoms with Crippen LogP contribution in [0.5, 0.6) is 0 Å². The van der Waals surface area contributed by atoms with E-state index in [0.29, 0.717) is 0 Å². The topological polar surface area (TPSA) is 0 Å². The summed E-state index contributed by atoms with van der Waals surface area (Å²) in [4.78, 5) is 0. The molecule has 0 fully saturated rings. The van der Waals surface area contributed by atoms with Crippen LogP contribution in [0.3, 0.4) is 0 Å². The van der Waals surface area contributed by atoms with Crippen molar-refractivity contribution in [2.45, 2.75) is 0 Å². The molecule has 0 heterocycles. The van der Waals surface area contributed by atoms with E-state index < -0.39 is 0 Å². The van der Waals surface area contributed by atoms with Crippen molar-refractivity contribution >= 4 is 144 Å². The summed E-state index contributed by atoms with van der Waals surface area (Å²) in [6, 6.07) is 0. The van der Waals surface area contributed by atoms with Crippen molar-refractivity contribution in [2.75, 3.05) is 0 Å². The molecule has 0 spiro atoms. The first-order chi connectivity index (χ1) is 0. The van der Waals surface area contributed by atoms with Gasteiger partial charge in [-0.2, -0.15) is 0 Å². The summed E-state index contributed by atoms with van der Waals surface area (Å²) in [6.45, 7) is 0. The molecule has 0 aliphatic rings. The fraction of sp³-hybridized carbons (Fsp3) is 0. The van der Waals surface area contributed by atoms with Crippen molar-refractivity contribution in [3.8, 4) is 0 Å². The zero-order chi connectivity index (χ0) is 0. The van der Waals surface area contributed by atoms with Crippen molar-refractivity contribution < 1.29 is 0 Å². The first kappa shape index (κ1) is 32.8. The van der Waals surface area contributed by atoms with Crippen LogP contribution in [-0.4, -0.2) is 144 Å². The van der Waals surface area contributed by atoms with Crippen LogP contribution in [0.4, 0.5) is 0 Å². The third-order valence-electron chi connectivity index (χ3n) is 0. The largest absolute Gasteiger partial charge is 0 e. The van der Waals surface area contributed by atoms with Crippen LogP contribution in [-0.2, 0) is 0 Å². The quantitative estimate of drug-likeness (QED) is 0.250. The minimum absolute atomic E-state index is 0. The molecule has 0 N–H and O–H groups in total. The molecular weight excluding hydrogens is 876 g/mol. The molecular formula is CaPo4. The van der Waals surface area contributed by atoms with E-state index in [1.165, 1.54) is 0 Å². The molecule has 0 bridgehead atoms. The normalized spacial score (nSPS) is 0. The second-order valence-electron chi connectivity index (χ2n) is 0. The fourth-order valence-corrected chi connectivity index (χ4v) is 0. The van der Waals surface area contributed by atoms with Crippen LogP contribution < -0.4 is 0 Å². The third-order valence-corrected chi connectivity index (χ3v) is 0. The third kappa shape index (κ3) is 17.7. The number of rotatable bonds is 0. The minimum Gasteiger partial charge on any atom is 0 e. The maximum Gasteiger partial charge on any atom is 0 e. The van der Waals surface area contributed by atoms with E-state index in [4.69, 9.17) is 0 Å². The predicted octanol–water partition coefficient (Wildman–Crippen LogP) is -1.90. The van der Waals surface area contributed by atoms with E-state index >= 15 is 0 Å². The van der Waals surface area contributed by atoms with Crippen molar-refractivity contribution in [3.05, 3.63) is 0 Å². The molecule has 0 aromatic rings. The molecule has 0 rings (SSSR count). The molecule has 0 aliphatic carbocycles. The van der Waals surface area contributed by atoms with Gasteiger partial charge in [-0.25, -0.2) is 0 Å². The maximum atomic E-state index is 0. The number of hydrogen-bond donors (Lipinski definition) is 0. The van der Waals surface area contributed by atoms with E-state index in [1.54, 1.807) is 0 Å². The molecule has 0 unspecified atom stereocenters. The summed E-state index contributed by atoms with van der Waals surface area (Å²) in [5.74, 6) is 0. The summed E-state index contributed by atoms with van der Waals surface area (Å²) >= 11 is 0. The summed E-state index contributed by atoms with van der Waals surface area (Å²) in [5.41, 5.74) is 0. The van der Waals surface area contributed by atoms with Gasteiger partial charge in [-0.15, -0.1) is 0 Å². The molecule has 0 aromatic carbocycles. The Kier molecular flexibility index (Phi) is 152. The summed E-state index contributed by atoms with van der Waals surface area (Å²) in [7, 11) is 0. The van der Waals surface area contributed by atoms with Gasteiger partial charge in [0.05, 0.1) is 0 Å². The van der Waals surface area contributed by atoms with Crippen LogP contribution in [0.1, 0.15) is 0 Å². The SMILES string of the molecule is [Ca].[Po].[Po].[Po].[Po]. The Balaban J connectivity index is 0. The van der Waals surface area contributed by atoms with Crippen LogP contribution in [0.25, 0.3) is 0 Å². The van der Waals surface area contributed by atoms with Gasteiger partial charge in [0.25, 0.3) is 0 Å². The smallest absolute Gasteiger partial charge is 0 e. The molecule has 0 aliphatic heterocycles. The van der Waals surface area contributed by atoms with E-state index in [-0.39, 0.29) is 144 Å². The Labute approximate surface area is 140 Å². The zero-order valence-corrected chi connectivity index (χ0v) is 17.2.